The molecule has 0 radical (unpaired) electrons. The first-order chi connectivity index (χ1) is 10.0. The number of aryl methyl sites for hydroxylation is 1. The van der Waals surface area contributed by atoms with Crippen molar-refractivity contribution in [3.05, 3.63) is 28.8 Å². The average Bonchev–Trinajstić information content (AvgIpc) is 2.41. The monoisotopic (exact) mass is 303 g/mol. The van der Waals surface area contributed by atoms with Gasteiger partial charge in [-0.25, -0.2) is 0 Å². The third kappa shape index (κ3) is 2.28. The maximum Gasteiger partial charge on any atom is 0.230 e. The van der Waals surface area contributed by atoms with E-state index in [2.05, 4.69) is 5.32 Å². The Bertz CT molecular complexity index is 560. The topological polar surface area (TPSA) is 29.1 Å². The predicted octanol–water partition coefficient (Wildman–Crippen LogP) is 4.80. The lowest BCUT2D eigenvalue weighted by Gasteiger charge is -2.55. The number of carbonyl (C=O) groups excluding carboxylic acids is 1. The number of carbonyl (C=O) groups is 1. The number of amides is 1. The van der Waals surface area contributed by atoms with Crippen molar-refractivity contribution in [1.82, 2.24) is 0 Å². The van der Waals surface area contributed by atoms with E-state index < -0.39 is 0 Å². The Kier molecular flexibility index (Phi) is 3.08. The molecule has 5 rings (SSSR count). The summed E-state index contributed by atoms with van der Waals surface area (Å²) in [7, 11) is 0. The number of rotatable bonds is 2. The van der Waals surface area contributed by atoms with Crippen LogP contribution in [0, 0.1) is 30.1 Å². The standard InChI is InChI=1S/C18H22ClNO/c1-11-2-3-15(19)7-16(11)20-17(21)18-8-12-4-13(9-18)6-14(5-12)10-18/h2-3,7,12-14H,4-6,8-10H2,1H3,(H,20,21). The SMILES string of the molecule is Cc1ccc(Cl)cc1NC(=O)C12CC3CC(CC(C3)C1)C2. The van der Waals surface area contributed by atoms with Gasteiger partial charge in [-0.2, -0.15) is 0 Å². The summed E-state index contributed by atoms with van der Waals surface area (Å²) >= 11 is 6.07. The molecule has 4 aliphatic rings. The molecular weight excluding hydrogens is 282 g/mol. The zero-order valence-electron chi connectivity index (χ0n) is 12.5. The highest BCUT2D eigenvalue weighted by Crippen LogP contribution is 2.60. The van der Waals surface area contributed by atoms with Crippen LogP contribution in [0.4, 0.5) is 5.69 Å². The molecule has 112 valence electrons. The average molecular weight is 304 g/mol. The van der Waals surface area contributed by atoms with Gasteiger partial charge >= 0.3 is 0 Å². The fraction of sp³-hybridized carbons (Fsp3) is 0.611. The Labute approximate surface area is 131 Å². The number of nitrogens with one attached hydrogen (secondary N) is 1. The van der Waals surface area contributed by atoms with E-state index in [0.29, 0.717) is 5.02 Å². The molecule has 0 atom stereocenters. The van der Waals surface area contributed by atoms with Gasteiger partial charge in [0.2, 0.25) is 5.91 Å². The third-order valence-corrected chi connectivity index (χ3v) is 6.20. The highest BCUT2D eigenvalue weighted by atomic mass is 35.5. The van der Waals surface area contributed by atoms with Gasteiger partial charge in [-0.05, 0) is 80.9 Å². The van der Waals surface area contributed by atoms with Crippen molar-refractivity contribution in [1.29, 1.82) is 0 Å². The van der Waals surface area contributed by atoms with Crippen LogP contribution in [0.15, 0.2) is 18.2 Å². The van der Waals surface area contributed by atoms with Crippen molar-refractivity contribution in [3.8, 4) is 0 Å². The molecule has 3 heteroatoms. The molecule has 4 saturated carbocycles. The fourth-order valence-corrected chi connectivity index (χ4v) is 5.54. The Morgan fingerprint density at radius 2 is 1.71 bits per heavy atom. The van der Waals surface area contributed by atoms with Crippen LogP contribution in [0.2, 0.25) is 5.02 Å². The van der Waals surface area contributed by atoms with Crippen LogP contribution >= 0.6 is 11.6 Å². The van der Waals surface area contributed by atoms with Crippen molar-refractivity contribution >= 4 is 23.2 Å². The van der Waals surface area contributed by atoms with E-state index in [1.807, 2.05) is 25.1 Å². The number of hydrogen-bond donors (Lipinski definition) is 1. The van der Waals surface area contributed by atoms with Gasteiger partial charge in [0.05, 0.1) is 5.41 Å². The van der Waals surface area contributed by atoms with E-state index in [4.69, 9.17) is 11.6 Å². The second-order valence-corrected chi connectivity index (χ2v) is 8.05. The molecule has 1 aromatic carbocycles. The van der Waals surface area contributed by atoms with Crippen LogP contribution in [-0.2, 0) is 4.79 Å². The van der Waals surface area contributed by atoms with Gasteiger partial charge in [0.15, 0.2) is 0 Å². The number of halogens is 1. The quantitative estimate of drug-likeness (QED) is 0.835. The minimum absolute atomic E-state index is 0.0937. The molecule has 1 N–H and O–H groups in total. The Hall–Kier alpha value is -1.02. The molecule has 0 spiro atoms. The van der Waals surface area contributed by atoms with Crippen LogP contribution in [-0.4, -0.2) is 5.91 Å². The highest BCUT2D eigenvalue weighted by molar-refractivity contribution is 6.31. The normalized spacial score (nSPS) is 36.8. The van der Waals surface area contributed by atoms with Gasteiger partial charge in [0.25, 0.3) is 0 Å². The summed E-state index contributed by atoms with van der Waals surface area (Å²) in [6.45, 7) is 2.02. The third-order valence-electron chi connectivity index (χ3n) is 5.97. The summed E-state index contributed by atoms with van der Waals surface area (Å²) in [5.74, 6) is 2.62. The molecule has 0 heterocycles. The molecule has 0 aromatic heterocycles. The highest BCUT2D eigenvalue weighted by Gasteiger charge is 2.54. The van der Waals surface area contributed by atoms with Gasteiger partial charge in [-0.1, -0.05) is 17.7 Å². The largest absolute Gasteiger partial charge is 0.325 e. The smallest absolute Gasteiger partial charge is 0.230 e. The molecule has 4 bridgehead atoms. The molecule has 21 heavy (non-hydrogen) atoms. The van der Waals surface area contributed by atoms with E-state index in [-0.39, 0.29) is 11.3 Å². The van der Waals surface area contributed by atoms with E-state index >= 15 is 0 Å². The van der Waals surface area contributed by atoms with Crippen molar-refractivity contribution in [2.45, 2.75) is 45.4 Å². The van der Waals surface area contributed by atoms with Gasteiger partial charge < -0.3 is 5.32 Å². The molecule has 0 saturated heterocycles. The van der Waals surface area contributed by atoms with Crippen LogP contribution in [0.25, 0.3) is 0 Å². The Morgan fingerprint density at radius 3 is 2.29 bits per heavy atom. The molecule has 2 nitrogen and oxygen atoms in total. The predicted molar refractivity (Wildman–Crippen MR) is 85.4 cm³/mol. The minimum atomic E-state index is -0.0937. The molecule has 4 aliphatic carbocycles. The van der Waals surface area contributed by atoms with Crippen LogP contribution in [0.3, 0.4) is 0 Å². The zero-order valence-corrected chi connectivity index (χ0v) is 13.2. The van der Waals surface area contributed by atoms with Crippen molar-refractivity contribution in [3.63, 3.8) is 0 Å². The lowest BCUT2D eigenvalue weighted by molar-refractivity contribution is -0.140. The summed E-state index contributed by atoms with van der Waals surface area (Å²) in [6.07, 6.45) is 7.40. The molecule has 1 aromatic rings. The first kappa shape index (κ1) is 13.6. The summed E-state index contributed by atoms with van der Waals surface area (Å²) in [5.41, 5.74) is 1.87. The summed E-state index contributed by atoms with van der Waals surface area (Å²) in [5, 5.41) is 3.87. The molecule has 0 aliphatic heterocycles. The second kappa shape index (κ2) is 4.74. The van der Waals surface area contributed by atoms with Crippen molar-refractivity contribution in [2.24, 2.45) is 23.2 Å². The molecule has 1 amide bonds. The first-order valence-electron chi connectivity index (χ1n) is 8.12. The lowest BCUT2D eigenvalue weighted by Crippen LogP contribution is -2.51. The molecular formula is C18H22ClNO. The van der Waals surface area contributed by atoms with Crippen LogP contribution in [0.5, 0.6) is 0 Å². The Morgan fingerprint density at radius 1 is 1.14 bits per heavy atom. The fourth-order valence-electron chi connectivity index (χ4n) is 5.37. The zero-order chi connectivity index (χ0) is 14.6. The van der Waals surface area contributed by atoms with Crippen LogP contribution < -0.4 is 5.32 Å². The maximum atomic E-state index is 13.0. The summed E-state index contributed by atoms with van der Waals surface area (Å²) in [6, 6.07) is 5.71. The second-order valence-electron chi connectivity index (χ2n) is 7.61. The van der Waals surface area contributed by atoms with Gasteiger partial charge in [0, 0.05) is 10.7 Å². The van der Waals surface area contributed by atoms with Gasteiger partial charge in [0.1, 0.15) is 0 Å². The summed E-state index contributed by atoms with van der Waals surface area (Å²) in [4.78, 5) is 13.0. The van der Waals surface area contributed by atoms with E-state index in [1.54, 1.807) is 0 Å². The number of benzene rings is 1. The van der Waals surface area contributed by atoms with E-state index in [0.717, 1.165) is 48.3 Å². The van der Waals surface area contributed by atoms with Crippen molar-refractivity contribution in [2.75, 3.05) is 5.32 Å². The minimum Gasteiger partial charge on any atom is -0.325 e. The van der Waals surface area contributed by atoms with Crippen molar-refractivity contribution < 1.29 is 4.79 Å². The Balaban J connectivity index is 1.59. The summed E-state index contributed by atoms with van der Waals surface area (Å²) < 4.78 is 0. The van der Waals surface area contributed by atoms with Crippen LogP contribution in [0.1, 0.15) is 44.1 Å². The number of hydrogen-bond acceptors (Lipinski definition) is 1. The first-order valence-corrected chi connectivity index (χ1v) is 8.49. The van der Waals surface area contributed by atoms with Gasteiger partial charge in [-0.3, -0.25) is 4.79 Å². The lowest BCUT2D eigenvalue weighted by atomic mass is 9.49. The van der Waals surface area contributed by atoms with E-state index in [1.165, 1.54) is 19.3 Å². The van der Waals surface area contributed by atoms with E-state index in [9.17, 15) is 4.79 Å². The van der Waals surface area contributed by atoms with Gasteiger partial charge in [-0.15, -0.1) is 0 Å². The molecule has 4 fully saturated rings. The molecule has 0 unspecified atom stereocenters. The maximum absolute atomic E-state index is 13.0. The number of anilines is 1.